The third-order valence-electron chi connectivity index (χ3n) is 4.27. The number of hydrogen-bond acceptors (Lipinski definition) is 5. The molecule has 0 unspecified atom stereocenters. The maximum atomic E-state index is 12.8. The Bertz CT molecular complexity index is 1270. The molecule has 1 aliphatic rings. The van der Waals surface area contributed by atoms with Crippen LogP contribution in [0.15, 0.2) is 61.3 Å². The van der Waals surface area contributed by atoms with Gasteiger partial charge in [-0.2, -0.15) is 0 Å². The molecule has 146 valence electrons. The van der Waals surface area contributed by atoms with Gasteiger partial charge in [0.15, 0.2) is 11.0 Å². The van der Waals surface area contributed by atoms with E-state index in [0.717, 1.165) is 26.7 Å². The molecule has 5 nitrogen and oxygen atoms in total. The monoisotopic (exact) mass is 509 g/mol. The molecule has 0 saturated carbocycles. The number of rotatable bonds is 3. The minimum absolute atomic E-state index is 0.126. The number of halogens is 3. The number of hydrogen-bond donors (Lipinski definition) is 0. The molecule has 2 aromatic carbocycles. The van der Waals surface area contributed by atoms with Crippen LogP contribution in [0, 0.1) is 0 Å². The normalized spacial score (nSPS) is 15.7. The molecule has 4 rings (SSSR count). The van der Waals surface area contributed by atoms with Crippen LogP contribution in [-0.2, 0) is 11.3 Å². The lowest BCUT2D eigenvalue weighted by Gasteiger charge is -2.13. The Balaban J connectivity index is 1.70. The van der Waals surface area contributed by atoms with E-state index >= 15 is 0 Å². The van der Waals surface area contributed by atoms with Crippen LogP contribution in [0.2, 0.25) is 10.0 Å². The zero-order valence-electron chi connectivity index (χ0n) is 14.4. The smallest absolute Gasteiger partial charge is 0.293 e. The third-order valence-corrected chi connectivity index (χ3v) is 6.45. The zero-order chi connectivity index (χ0) is 20.7. The lowest BCUT2D eigenvalue weighted by Crippen LogP contribution is -2.27. The van der Waals surface area contributed by atoms with Crippen LogP contribution in [0.25, 0.3) is 17.0 Å². The van der Waals surface area contributed by atoms with Crippen molar-refractivity contribution in [3.05, 3.63) is 83.4 Å². The molecule has 1 fully saturated rings. The summed E-state index contributed by atoms with van der Waals surface area (Å²) in [7, 11) is 0. The maximum Gasteiger partial charge on any atom is 0.293 e. The van der Waals surface area contributed by atoms with Crippen molar-refractivity contribution in [2.45, 2.75) is 6.54 Å². The summed E-state index contributed by atoms with van der Waals surface area (Å²) in [5, 5.41) is 0.294. The van der Waals surface area contributed by atoms with Gasteiger partial charge in [-0.05, 0) is 41.6 Å². The summed E-state index contributed by atoms with van der Waals surface area (Å²) in [6.07, 6.45) is 2.57. The Morgan fingerprint density at radius 3 is 2.66 bits per heavy atom. The van der Waals surface area contributed by atoms with Crippen LogP contribution in [0.1, 0.15) is 11.1 Å². The van der Waals surface area contributed by atoms with Crippen molar-refractivity contribution in [3.8, 4) is 0 Å². The maximum absolute atomic E-state index is 12.8. The number of fused-ring (bicyclic) bond motifs is 1. The van der Waals surface area contributed by atoms with Crippen LogP contribution in [-0.4, -0.2) is 16.0 Å². The van der Waals surface area contributed by atoms with Crippen LogP contribution in [0.5, 0.6) is 0 Å². The van der Waals surface area contributed by atoms with E-state index in [9.17, 15) is 14.4 Å². The van der Waals surface area contributed by atoms with E-state index in [1.54, 1.807) is 0 Å². The van der Waals surface area contributed by atoms with Crippen LogP contribution in [0.4, 0.5) is 4.79 Å². The first kappa shape index (κ1) is 20.2. The average molecular weight is 511 g/mol. The molecule has 29 heavy (non-hydrogen) atoms. The molecular formula is C20H10BrCl2NO4S. The second kappa shape index (κ2) is 7.99. The lowest BCUT2D eigenvalue weighted by molar-refractivity contribution is -0.123. The number of benzene rings is 2. The Morgan fingerprint density at radius 1 is 1.14 bits per heavy atom. The number of nitrogens with zero attached hydrogens (tertiary/aromatic N) is 1. The molecule has 0 N–H and O–H groups in total. The van der Waals surface area contributed by atoms with Gasteiger partial charge in [-0.15, -0.1) is 0 Å². The van der Waals surface area contributed by atoms with E-state index in [0.29, 0.717) is 5.02 Å². The number of carbonyl (C=O) groups is 2. The number of amides is 2. The molecule has 1 saturated heterocycles. The van der Waals surface area contributed by atoms with Gasteiger partial charge in [-0.3, -0.25) is 19.3 Å². The predicted octanol–water partition coefficient (Wildman–Crippen LogP) is 6.10. The fourth-order valence-corrected chi connectivity index (χ4v) is 4.63. The number of thioether (sulfide) groups is 1. The highest BCUT2D eigenvalue weighted by Crippen LogP contribution is 2.34. The largest absolute Gasteiger partial charge is 0.462 e. The summed E-state index contributed by atoms with van der Waals surface area (Å²) in [6, 6.07) is 10.2. The van der Waals surface area contributed by atoms with Crippen LogP contribution < -0.4 is 5.43 Å². The summed E-state index contributed by atoms with van der Waals surface area (Å²) in [5.74, 6) is -0.473. The Hall–Kier alpha value is -2.06. The van der Waals surface area contributed by atoms with Crippen molar-refractivity contribution < 1.29 is 14.0 Å². The van der Waals surface area contributed by atoms with E-state index in [4.69, 9.17) is 27.6 Å². The van der Waals surface area contributed by atoms with Crippen molar-refractivity contribution in [1.82, 2.24) is 4.90 Å². The second-order valence-corrected chi connectivity index (χ2v) is 8.83. The van der Waals surface area contributed by atoms with Crippen molar-refractivity contribution in [1.29, 1.82) is 0 Å². The van der Waals surface area contributed by atoms with Crippen molar-refractivity contribution in [3.63, 3.8) is 0 Å². The summed E-state index contributed by atoms with van der Waals surface area (Å²) in [5.41, 5.74) is 0.737. The van der Waals surface area contributed by atoms with Gasteiger partial charge in [0.05, 0.1) is 27.4 Å². The molecular weight excluding hydrogens is 501 g/mol. The first-order valence-electron chi connectivity index (χ1n) is 8.24. The van der Waals surface area contributed by atoms with Crippen LogP contribution >= 0.6 is 50.9 Å². The first-order chi connectivity index (χ1) is 13.8. The molecule has 0 bridgehead atoms. The standard InChI is InChI=1S/C20H10BrCl2NO4S/c21-14-4-2-1-3-10(14)8-24-19(26)16(29-20(24)27)5-11-9-28-18-13(17(11)25)6-12(22)7-15(18)23/h1-7,9H,8H2/b16-5-. The molecule has 1 aromatic heterocycles. The zero-order valence-corrected chi connectivity index (χ0v) is 18.4. The third kappa shape index (κ3) is 3.88. The Kier molecular flexibility index (Phi) is 5.57. The number of imide groups is 1. The van der Waals surface area contributed by atoms with E-state index in [1.165, 1.54) is 24.5 Å². The van der Waals surface area contributed by atoms with Gasteiger partial charge < -0.3 is 4.42 Å². The van der Waals surface area contributed by atoms with Gasteiger partial charge in [0.25, 0.3) is 11.1 Å². The van der Waals surface area contributed by atoms with Gasteiger partial charge in [-0.25, -0.2) is 0 Å². The van der Waals surface area contributed by atoms with Crippen molar-refractivity contribution in [2.24, 2.45) is 0 Å². The van der Waals surface area contributed by atoms with Crippen LogP contribution in [0.3, 0.4) is 0 Å². The molecule has 0 radical (unpaired) electrons. The minimum atomic E-state index is -0.473. The summed E-state index contributed by atoms with van der Waals surface area (Å²) in [4.78, 5) is 39.2. The molecule has 9 heteroatoms. The topological polar surface area (TPSA) is 67.6 Å². The lowest BCUT2D eigenvalue weighted by atomic mass is 10.1. The highest BCUT2D eigenvalue weighted by Gasteiger charge is 2.35. The fourth-order valence-electron chi connectivity index (χ4n) is 2.85. The summed E-state index contributed by atoms with van der Waals surface area (Å²) in [6.45, 7) is 0.126. The van der Waals surface area contributed by atoms with E-state index in [1.807, 2.05) is 24.3 Å². The summed E-state index contributed by atoms with van der Waals surface area (Å²) < 4.78 is 6.26. The molecule has 0 atom stereocenters. The van der Waals surface area contributed by atoms with Gasteiger partial charge in [0.1, 0.15) is 6.26 Å². The fraction of sp³-hybridized carbons (Fsp3) is 0.0500. The summed E-state index contributed by atoms with van der Waals surface area (Å²) >= 11 is 16.2. The minimum Gasteiger partial charge on any atom is -0.462 e. The van der Waals surface area contributed by atoms with E-state index in [2.05, 4.69) is 15.9 Å². The van der Waals surface area contributed by atoms with Gasteiger partial charge >= 0.3 is 0 Å². The van der Waals surface area contributed by atoms with E-state index in [-0.39, 0.29) is 33.0 Å². The highest BCUT2D eigenvalue weighted by molar-refractivity contribution is 9.10. The average Bonchev–Trinajstić information content (AvgIpc) is 2.93. The highest BCUT2D eigenvalue weighted by atomic mass is 79.9. The molecule has 2 heterocycles. The molecule has 1 aliphatic heterocycles. The van der Waals surface area contributed by atoms with E-state index < -0.39 is 16.6 Å². The van der Waals surface area contributed by atoms with Crippen molar-refractivity contribution in [2.75, 3.05) is 0 Å². The quantitative estimate of drug-likeness (QED) is 0.398. The molecule has 3 aromatic rings. The van der Waals surface area contributed by atoms with Crippen molar-refractivity contribution >= 4 is 79.1 Å². The van der Waals surface area contributed by atoms with Gasteiger partial charge in [-0.1, -0.05) is 57.3 Å². The molecule has 2 amide bonds. The number of carbonyl (C=O) groups excluding carboxylic acids is 2. The Labute approximate surface area is 187 Å². The Morgan fingerprint density at radius 2 is 1.90 bits per heavy atom. The molecule has 0 aliphatic carbocycles. The van der Waals surface area contributed by atoms with Gasteiger partial charge in [0.2, 0.25) is 0 Å². The first-order valence-corrected chi connectivity index (χ1v) is 10.6. The molecule has 0 spiro atoms. The predicted molar refractivity (Wildman–Crippen MR) is 118 cm³/mol. The second-order valence-electron chi connectivity index (χ2n) is 6.14. The SMILES string of the molecule is O=C1S/C(=C\c2coc3c(Cl)cc(Cl)cc3c2=O)C(=O)N1Cc1ccccc1Br. The van der Waals surface area contributed by atoms with Gasteiger partial charge in [0, 0.05) is 9.50 Å².